The topological polar surface area (TPSA) is 220 Å². The third-order valence-corrected chi connectivity index (χ3v) is 9.79. The zero-order valence-electron chi connectivity index (χ0n) is 29.6. The lowest BCUT2D eigenvalue weighted by molar-refractivity contribution is -0.138. The average molecular weight is 757 g/mol. The molecule has 17 heteroatoms. The summed E-state index contributed by atoms with van der Waals surface area (Å²) in [5, 5.41) is 22.6. The number of carboxylic acids is 1. The Bertz CT molecular complexity index is 1100. The number of carboxylic acid groups (broad SMARTS) is 1. The van der Waals surface area contributed by atoms with Gasteiger partial charge < -0.3 is 31.7 Å². The summed E-state index contributed by atoms with van der Waals surface area (Å²) in [6.45, 7) is 1.11. The van der Waals surface area contributed by atoms with Gasteiger partial charge in [-0.05, 0) is 51.4 Å². The molecule has 5 amide bonds. The molecule has 0 aliphatic heterocycles. The number of carbonyl (C=O) groups is 8. The van der Waals surface area contributed by atoms with E-state index < -0.39 is 18.4 Å². The maximum absolute atomic E-state index is 12.2. The highest BCUT2D eigenvalue weighted by molar-refractivity contribution is 8.00. The zero-order valence-corrected chi connectivity index (χ0v) is 31.2. The molecule has 0 aromatic carbocycles. The second kappa shape index (κ2) is 26.6. The van der Waals surface area contributed by atoms with Crippen molar-refractivity contribution < 1.29 is 43.5 Å². The number of nitrogens with one attached hydrogen (secondary N) is 5. The van der Waals surface area contributed by atoms with E-state index in [0.29, 0.717) is 113 Å². The molecule has 0 aromatic heterocycles. The number of rotatable bonds is 32. The van der Waals surface area contributed by atoms with Gasteiger partial charge in [0.05, 0.1) is 18.1 Å². The number of aliphatic carboxylic acids is 1. The Hall–Kier alpha value is -3.18. The van der Waals surface area contributed by atoms with Crippen LogP contribution in [0, 0.1) is 0 Å². The van der Waals surface area contributed by atoms with Gasteiger partial charge in [0.25, 0.3) is 0 Å². The molecule has 0 atom stereocenters. The average Bonchev–Trinajstić information content (AvgIpc) is 4.02. The Morgan fingerprint density at radius 1 is 0.549 bits per heavy atom. The van der Waals surface area contributed by atoms with E-state index >= 15 is 0 Å². The molecule has 0 heterocycles. The van der Waals surface area contributed by atoms with E-state index in [9.17, 15) is 38.4 Å². The van der Waals surface area contributed by atoms with Gasteiger partial charge >= 0.3 is 5.97 Å². The molecule has 0 bridgehead atoms. The van der Waals surface area contributed by atoms with Crippen molar-refractivity contribution in [3.63, 3.8) is 0 Å². The van der Waals surface area contributed by atoms with Crippen molar-refractivity contribution in [2.24, 2.45) is 0 Å². The minimum atomic E-state index is -1.15. The Morgan fingerprint density at radius 2 is 1.00 bits per heavy atom. The van der Waals surface area contributed by atoms with Gasteiger partial charge in [0, 0.05) is 88.3 Å². The molecule has 288 valence electrons. The van der Waals surface area contributed by atoms with Crippen molar-refractivity contribution in [2.75, 3.05) is 62.3 Å². The molecule has 2 saturated carbocycles. The van der Waals surface area contributed by atoms with Gasteiger partial charge in [0.15, 0.2) is 0 Å². The number of thioether (sulfide) groups is 2. The molecule has 0 unspecified atom stereocenters. The molecule has 0 saturated heterocycles. The molecule has 0 radical (unpaired) electrons. The molecular formula is C34H56N6O9S2. The quantitative estimate of drug-likeness (QED) is 0.0525. The number of hydrogen-bond donors (Lipinski definition) is 6. The normalized spacial score (nSPS) is 13.7. The monoisotopic (exact) mass is 756 g/mol. The lowest BCUT2D eigenvalue weighted by Crippen LogP contribution is -2.41. The number of nitrogens with zero attached hydrogens (tertiary/aromatic N) is 1. The van der Waals surface area contributed by atoms with Crippen molar-refractivity contribution in [2.45, 2.75) is 102 Å². The lowest BCUT2D eigenvalue weighted by atomic mass is 10.1. The first-order valence-electron chi connectivity index (χ1n) is 18.0. The summed E-state index contributed by atoms with van der Waals surface area (Å²) in [5.74, 6) is 0.0597. The minimum Gasteiger partial charge on any atom is -0.480 e. The highest BCUT2D eigenvalue weighted by Crippen LogP contribution is 2.19. The SMILES string of the molecule is O=C(O)CNC(=O)CN(CCCNC(=O)CCCC(=O)CCSCC(=O)NC1CC1)CCCNC(=O)CCCC(=O)CCSCC(=O)NC1CC1. The van der Waals surface area contributed by atoms with Crippen LogP contribution in [0.25, 0.3) is 0 Å². The minimum absolute atomic E-state index is 0.00719. The first kappa shape index (κ1) is 44.0. The maximum atomic E-state index is 12.2. The van der Waals surface area contributed by atoms with E-state index in [1.54, 1.807) is 0 Å². The van der Waals surface area contributed by atoms with Gasteiger partial charge in [-0.15, -0.1) is 0 Å². The summed E-state index contributed by atoms with van der Waals surface area (Å²) in [4.78, 5) is 96.9. The standard InChI is InChI=1S/C34H56N6O9S2/c41-27(13-19-50-23-32(46)38-25-9-10-25)5-1-7-29(43)35-15-3-17-40(22-31(45)37-21-34(48)49)18-4-16-36-30(44)8-2-6-28(42)14-20-51-24-33(47)39-26-11-12-26/h25-26H,1-24H2,(H,35,43)(H,36,44)(H,37,45)(H,38,46)(H,39,47)(H,48,49). The van der Waals surface area contributed by atoms with E-state index in [4.69, 9.17) is 5.11 Å². The Kier molecular flexibility index (Phi) is 22.9. The zero-order chi connectivity index (χ0) is 37.3. The molecule has 2 aliphatic rings. The van der Waals surface area contributed by atoms with Crippen LogP contribution in [0.5, 0.6) is 0 Å². The van der Waals surface area contributed by atoms with Gasteiger partial charge in [0.1, 0.15) is 18.1 Å². The van der Waals surface area contributed by atoms with Crippen LogP contribution >= 0.6 is 23.5 Å². The summed E-state index contributed by atoms with van der Waals surface area (Å²) in [5.41, 5.74) is 0. The van der Waals surface area contributed by atoms with Gasteiger partial charge in [0.2, 0.25) is 29.5 Å². The van der Waals surface area contributed by atoms with Crippen LogP contribution in [-0.4, -0.2) is 131 Å². The fourth-order valence-electron chi connectivity index (χ4n) is 4.78. The highest BCUT2D eigenvalue weighted by Gasteiger charge is 2.23. The van der Waals surface area contributed by atoms with Gasteiger partial charge in [-0.25, -0.2) is 0 Å². The van der Waals surface area contributed by atoms with Crippen molar-refractivity contribution in [3.05, 3.63) is 0 Å². The van der Waals surface area contributed by atoms with Crippen molar-refractivity contribution in [1.82, 2.24) is 31.5 Å². The third kappa shape index (κ3) is 26.3. The van der Waals surface area contributed by atoms with Crippen LogP contribution in [0.15, 0.2) is 0 Å². The van der Waals surface area contributed by atoms with E-state index in [1.165, 1.54) is 23.5 Å². The first-order chi connectivity index (χ1) is 24.5. The molecule has 15 nitrogen and oxygen atoms in total. The van der Waals surface area contributed by atoms with Crippen molar-refractivity contribution in [3.8, 4) is 0 Å². The molecule has 6 N–H and O–H groups in total. The molecule has 2 rings (SSSR count). The number of carbonyl (C=O) groups excluding carboxylic acids is 7. The second-order valence-corrected chi connectivity index (χ2v) is 15.1. The fraction of sp³-hybridized carbons (Fsp3) is 0.765. The van der Waals surface area contributed by atoms with E-state index in [-0.39, 0.29) is 54.6 Å². The maximum Gasteiger partial charge on any atom is 0.322 e. The first-order valence-corrected chi connectivity index (χ1v) is 20.3. The van der Waals surface area contributed by atoms with Crippen LogP contribution in [0.3, 0.4) is 0 Å². The number of amides is 5. The fourth-order valence-corrected chi connectivity index (χ4v) is 6.35. The van der Waals surface area contributed by atoms with Crippen LogP contribution in [0.2, 0.25) is 0 Å². The van der Waals surface area contributed by atoms with Crippen molar-refractivity contribution >= 4 is 70.6 Å². The summed E-state index contributed by atoms with van der Waals surface area (Å²) < 4.78 is 0. The number of ketones is 2. The summed E-state index contributed by atoms with van der Waals surface area (Å²) in [7, 11) is 0. The largest absolute Gasteiger partial charge is 0.480 e. The highest BCUT2D eigenvalue weighted by atomic mass is 32.2. The molecule has 0 spiro atoms. The lowest BCUT2D eigenvalue weighted by Gasteiger charge is -2.22. The van der Waals surface area contributed by atoms with Crippen LogP contribution in [0.4, 0.5) is 0 Å². The Labute approximate surface area is 309 Å². The van der Waals surface area contributed by atoms with Crippen LogP contribution < -0.4 is 26.6 Å². The molecular weight excluding hydrogens is 701 g/mol. The number of hydrogen-bond acceptors (Lipinski definition) is 11. The van der Waals surface area contributed by atoms with Crippen molar-refractivity contribution in [1.29, 1.82) is 0 Å². The predicted molar refractivity (Wildman–Crippen MR) is 196 cm³/mol. The number of Topliss-reactive ketones (excluding diaryl/α,β-unsaturated/α-hetero) is 2. The predicted octanol–water partition coefficient (Wildman–Crippen LogP) is 0.784. The third-order valence-electron chi connectivity index (χ3n) is 7.87. The molecule has 2 fully saturated rings. The summed E-state index contributed by atoms with van der Waals surface area (Å²) in [6.07, 6.45) is 7.90. The van der Waals surface area contributed by atoms with Gasteiger partial charge in [-0.3, -0.25) is 43.3 Å². The van der Waals surface area contributed by atoms with Crippen LogP contribution in [0.1, 0.15) is 89.9 Å². The Morgan fingerprint density at radius 3 is 1.41 bits per heavy atom. The van der Waals surface area contributed by atoms with E-state index in [1.807, 2.05) is 4.90 Å². The van der Waals surface area contributed by atoms with Crippen LogP contribution in [-0.2, 0) is 38.4 Å². The van der Waals surface area contributed by atoms with Gasteiger partial charge in [-0.1, -0.05) is 0 Å². The summed E-state index contributed by atoms with van der Waals surface area (Å²) in [6, 6.07) is 0.658. The molecule has 2 aliphatic carbocycles. The van der Waals surface area contributed by atoms with Gasteiger partial charge in [-0.2, -0.15) is 23.5 Å². The second-order valence-electron chi connectivity index (χ2n) is 12.9. The molecule has 0 aromatic rings. The summed E-state index contributed by atoms with van der Waals surface area (Å²) >= 11 is 2.87. The molecule has 51 heavy (non-hydrogen) atoms. The van der Waals surface area contributed by atoms with E-state index in [0.717, 1.165) is 25.7 Å². The van der Waals surface area contributed by atoms with E-state index in [2.05, 4.69) is 26.6 Å². The smallest absolute Gasteiger partial charge is 0.322 e. The Balaban J connectivity index is 1.53.